The van der Waals surface area contributed by atoms with Crippen molar-refractivity contribution in [2.75, 3.05) is 6.54 Å². The molecule has 5 aliphatic carbocycles. The SMILES string of the molecule is CC(=O)O[C@H]1CC[C@]2(C)[C@H]3CC[C@@H]4C5=C(C(C)C)C(=O)C[C@]5(C(=O)N5CCC[C@H]5c5ncc(-c6cccnc6)[nH]5)CC[C@@]4(C)[C@]3(C)CC[C@H]2C1(C)C. The molecule has 5 fully saturated rings. The van der Waals surface area contributed by atoms with Crippen molar-refractivity contribution in [3.8, 4) is 11.3 Å². The molecule has 0 spiro atoms. The summed E-state index contributed by atoms with van der Waals surface area (Å²) in [7, 11) is 0. The molecule has 1 aliphatic heterocycles. The Morgan fingerprint density at radius 2 is 1.73 bits per heavy atom. The lowest BCUT2D eigenvalue weighted by Gasteiger charge is -2.72. The lowest BCUT2D eigenvalue weighted by molar-refractivity contribution is -0.232. The number of aromatic amines is 1. The maximum absolute atomic E-state index is 15.4. The summed E-state index contributed by atoms with van der Waals surface area (Å²) >= 11 is 0. The molecule has 2 aromatic heterocycles. The van der Waals surface area contributed by atoms with Crippen molar-refractivity contribution < 1.29 is 19.1 Å². The number of fused-ring (bicyclic) bond motifs is 7. The molecule has 0 radical (unpaired) electrons. The number of allylic oxidation sites excluding steroid dienone is 1. The third-order valence-electron chi connectivity index (χ3n) is 16.5. The number of carbonyl (C=O) groups is 3. The molecule has 0 unspecified atom stereocenters. The Morgan fingerprint density at radius 1 is 0.942 bits per heavy atom. The smallest absolute Gasteiger partial charge is 0.302 e. The Bertz CT molecular complexity index is 1810. The molecule has 2 aromatic rings. The molecule has 9 atom stereocenters. The number of hydrogen-bond acceptors (Lipinski definition) is 6. The summed E-state index contributed by atoms with van der Waals surface area (Å²) in [6, 6.07) is 3.81. The number of rotatable bonds is 5. The Labute approximate surface area is 310 Å². The van der Waals surface area contributed by atoms with E-state index in [9.17, 15) is 9.59 Å². The number of ether oxygens (including phenoxy) is 1. The van der Waals surface area contributed by atoms with Crippen LogP contribution in [0.4, 0.5) is 0 Å². The van der Waals surface area contributed by atoms with Crippen molar-refractivity contribution in [2.24, 2.45) is 50.7 Å². The number of nitrogens with zero attached hydrogens (tertiary/aromatic N) is 3. The fourth-order valence-electron chi connectivity index (χ4n) is 14.0. The van der Waals surface area contributed by atoms with Crippen molar-refractivity contribution in [3.05, 3.63) is 47.7 Å². The zero-order chi connectivity index (χ0) is 37.0. The van der Waals surface area contributed by atoms with E-state index >= 15 is 4.79 Å². The van der Waals surface area contributed by atoms with Gasteiger partial charge in [0.15, 0.2) is 5.78 Å². The highest BCUT2D eigenvalue weighted by Crippen LogP contribution is 2.77. The minimum Gasteiger partial charge on any atom is -0.462 e. The fourth-order valence-corrected chi connectivity index (χ4v) is 14.0. The first-order chi connectivity index (χ1) is 24.6. The summed E-state index contributed by atoms with van der Waals surface area (Å²) in [4.78, 5) is 56.5. The van der Waals surface area contributed by atoms with Gasteiger partial charge < -0.3 is 14.6 Å². The summed E-state index contributed by atoms with van der Waals surface area (Å²) < 4.78 is 5.97. The summed E-state index contributed by atoms with van der Waals surface area (Å²) in [6.07, 6.45) is 15.6. The van der Waals surface area contributed by atoms with Crippen LogP contribution in [0.25, 0.3) is 11.3 Å². The lowest BCUT2D eigenvalue weighted by Crippen LogP contribution is -2.66. The van der Waals surface area contributed by atoms with Gasteiger partial charge >= 0.3 is 5.97 Å². The van der Waals surface area contributed by atoms with Gasteiger partial charge in [0.05, 0.1) is 23.3 Å². The molecule has 280 valence electrons. The van der Waals surface area contributed by atoms with Gasteiger partial charge in [0.2, 0.25) is 5.91 Å². The zero-order valence-electron chi connectivity index (χ0n) is 32.8. The van der Waals surface area contributed by atoms with E-state index in [0.29, 0.717) is 24.8 Å². The van der Waals surface area contributed by atoms with Crippen molar-refractivity contribution >= 4 is 17.7 Å². The molecular formula is C44H60N4O4. The largest absolute Gasteiger partial charge is 0.462 e. The molecule has 1 N–H and O–H groups in total. The van der Waals surface area contributed by atoms with Crippen molar-refractivity contribution in [2.45, 2.75) is 138 Å². The number of carbonyl (C=O) groups excluding carboxylic acids is 3. The number of esters is 1. The summed E-state index contributed by atoms with van der Waals surface area (Å²) in [5, 5.41) is 0. The van der Waals surface area contributed by atoms with Gasteiger partial charge in [-0.1, -0.05) is 48.5 Å². The van der Waals surface area contributed by atoms with Crippen LogP contribution in [0.3, 0.4) is 0 Å². The second-order valence-electron chi connectivity index (χ2n) is 19.3. The average molecular weight is 709 g/mol. The summed E-state index contributed by atoms with van der Waals surface area (Å²) in [6.45, 7) is 19.0. The highest BCUT2D eigenvalue weighted by atomic mass is 16.5. The monoisotopic (exact) mass is 708 g/mol. The van der Waals surface area contributed by atoms with E-state index in [-0.39, 0.29) is 63.3 Å². The number of hydrogen-bond donors (Lipinski definition) is 1. The van der Waals surface area contributed by atoms with Gasteiger partial charge in [-0.15, -0.1) is 0 Å². The summed E-state index contributed by atoms with van der Waals surface area (Å²) in [5.41, 5.74) is 3.41. The predicted octanol–water partition coefficient (Wildman–Crippen LogP) is 9.05. The number of likely N-dealkylation sites (tertiary alicyclic amines) is 1. The zero-order valence-corrected chi connectivity index (χ0v) is 32.8. The number of amides is 1. The van der Waals surface area contributed by atoms with Crippen LogP contribution in [0, 0.1) is 50.7 Å². The number of pyridine rings is 1. The molecule has 0 aromatic carbocycles. The van der Waals surface area contributed by atoms with E-state index in [1.807, 2.05) is 24.5 Å². The van der Waals surface area contributed by atoms with E-state index in [1.54, 1.807) is 13.1 Å². The van der Waals surface area contributed by atoms with Crippen LogP contribution in [0.2, 0.25) is 0 Å². The van der Waals surface area contributed by atoms with Gasteiger partial charge in [-0.3, -0.25) is 19.4 Å². The standard InChI is InChI=1S/C44H60N4O4/c1-26(2)36-32(50)23-44(39(51)48-22-10-12-31(48)38-46-25-30(47-38)28-11-9-21-45-24-28)20-19-42(7)29(37(36)44)13-14-34-41(6)17-16-35(52-27(3)49)40(4,5)33(41)15-18-43(34,42)8/h9,11,21,24-26,29,31,33-35H,10,12-20,22-23H2,1-8H3,(H,46,47)/t29-,31+,33+,34-,35+,41+,42-,43-,44-/m1/s1. The van der Waals surface area contributed by atoms with E-state index in [0.717, 1.165) is 86.9 Å². The Kier molecular flexibility index (Phi) is 8.32. The molecule has 8 nitrogen and oxygen atoms in total. The molecular weight excluding hydrogens is 649 g/mol. The van der Waals surface area contributed by atoms with Gasteiger partial charge in [-0.25, -0.2) is 4.98 Å². The quantitative estimate of drug-likeness (QED) is 0.311. The first-order valence-electron chi connectivity index (χ1n) is 20.3. The van der Waals surface area contributed by atoms with Crippen LogP contribution >= 0.6 is 0 Å². The maximum Gasteiger partial charge on any atom is 0.302 e. The van der Waals surface area contributed by atoms with Gasteiger partial charge in [-0.2, -0.15) is 0 Å². The van der Waals surface area contributed by atoms with Crippen LogP contribution in [-0.2, 0) is 19.1 Å². The first-order valence-corrected chi connectivity index (χ1v) is 20.3. The minimum atomic E-state index is -0.767. The predicted molar refractivity (Wildman–Crippen MR) is 200 cm³/mol. The first kappa shape index (κ1) is 35.7. The highest BCUT2D eigenvalue weighted by Gasteiger charge is 2.71. The summed E-state index contributed by atoms with van der Waals surface area (Å²) in [5.74, 6) is 2.32. The molecule has 6 aliphatic rings. The van der Waals surface area contributed by atoms with E-state index in [1.165, 1.54) is 5.57 Å². The van der Waals surface area contributed by atoms with Crippen molar-refractivity contribution in [1.82, 2.24) is 19.9 Å². The number of H-pyrrole nitrogens is 1. The van der Waals surface area contributed by atoms with Crippen LogP contribution in [0.15, 0.2) is 41.9 Å². The molecule has 3 heterocycles. The normalized spacial score (nSPS) is 39.5. The van der Waals surface area contributed by atoms with Crippen molar-refractivity contribution in [3.63, 3.8) is 0 Å². The van der Waals surface area contributed by atoms with Crippen LogP contribution in [0.5, 0.6) is 0 Å². The lowest BCUT2D eigenvalue weighted by atomic mass is 9.33. The number of imidazole rings is 1. The van der Waals surface area contributed by atoms with Crippen molar-refractivity contribution in [1.29, 1.82) is 0 Å². The van der Waals surface area contributed by atoms with Gasteiger partial charge in [0.1, 0.15) is 11.9 Å². The molecule has 1 amide bonds. The molecule has 8 heteroatoms. The molecule has 4 saturated carbocycles. The number of Topliss-reactive ketones (excluding diaryl/α,β-unsaturated/α-hetero) is 1. The maximum atomic E-state index is 15.4. The molecule has 1 saturated heterocycles. The Morgan fingerprint density at radius 3 is 2.44 bits per heavy atom. The highest BCUT2D eigenvalue weighted by molar-refractivity contribution is 6.07. The van der Waals surface area contributed by atoms with Gasteiger partial charge in [-0.05, 0) is 127 Å². The Balaban J connectivity index is 1.14. The Hall–Kier alpha value is -3.29. The third-order valence-corrected chi connectivity index (χ3v) is 16.5. The van der Waals surface area contributed by atoms with Gasteiger partial charge in [0.25, 0.3) is 0 Å². The molecule has 52 heavy (non-hydrogen) atoms. The van der Waals surface area contributed by atoms with Gasteiger partial charge in [0, 0.05) is 43.3 Å². The second kappa shape index (κ2) is 12.1. The number of ketones is 1. The van der Waals surface area contributed by atoms with E-state index in [4.69, 9.17) is 9.72 Å². The topological polar surface area (TPSA) is 105 Å². The fraction of sp³-hybridized carbons (Fsp3) is 0.705. The van der Waals surface area contributed by atoms with E-state index in [2.05, 4.69) is 63.3 Å². The molecule has 8 rings (SSSR count). The van der Waals surface area contributed by atoms with Crippen LogP contribution < -0.4 is 0 Å². The minimum absolute atomic E-state index is 0.0192. The second-order valence-corrected chi connectivity index (χ2v) is 19.3. The number of aromatic nitrogens is 3. The third kappa shape index (κ3) is 4.86. The molecule has 0 bridgehead atoms. The van der Waals surface area contributed by atoms with Crippen LogP contribution in [0.1, 0.15) is 138 Å². The van der Waals surface area contributed by atoms with E-state index < -0.39 is 5.41 Å². The average Bonchev–Trinajstić information content (AvgIpc) is 3.84. The number of nitrogens with one attached hydrogen (secondary N) is 1. The van der Waals surface area contributed by atoms with Crippen LogP contribution in [-0.4, -0.2) is 50.2 Å².